The molecule has 1 aromatic heterocycles. The molecule has 1 atom stereocenters. The number of fused-ring (bicyclic) bond motifs is 3. The Labute approximate surface area is 162 Å². The van der Waals surface area contributed by atoms with Crippen molar-refractivity contribution in [1.82, 2.24) is 9.88 Å². The molecule has 3 aromatic carbocycles. The molecule has 1 heterocycles. The summed E-state index contributed by atoms with van der Waals surface area (Å²) in [6, 6.07) is 23.3. The van der Waals surface area contributed by atoms with E-state index in [1.807, 2.05) is 65.2 Å². The number of carbonyl (C=O) groups excluding carboxylic acids is 1. The Balaban J connectivity index is 1.54. The molecule has 4 heteroatoms. The summed E-state index contributed by atoms with van der Waals surface area (Å²) in [5.41, 5.74) is 4.10. The number of carbonyl (C=O) groups is 1. The number of hydrogen-bond donors (Lipinski definition) is 1. The minimum Gasteiger partial charge on any atom is -0.348 e. The molecule has 1 N–H and O–H groups in total. The first kappa shape index (κ1) is 16.8. The number of para-hydroxylation sites is 2. The van der Waals surface area contributed by atoms with Gasteiger partial charge in [-0.15, -0.1) is 0 Å². The number of hydrogen-bond acceptors (Lipinski definition) is 2. The molecule has 0 spiro atoms. The van der Waals surface area contributed by atoms with Crippen LogP contribution < -0.4 is 10.7 Å². The van der Waals surface area contributed by atoms with Gasteiger partial charge in [-0.3, -0.25) is 9.59 Å². The van der Waals surface area contributed by atoms with E-state index >= 15 is 0 Å². The fourth-order valence-corrected chi connectivity index (χ4v) is 4.34. The molecule has 5 rings (SSSR count). The van der Waals surface area contributed by atoms with Crippen LogP contribution in [-0.4, -0.2) is 10.5 Å². The maximum absolute atomic E-state index is 12.9. The molecule has 0 fully saturated rings. The maximum Gasteiger partial charge on any atom is 0.240 e. The summed E-state index contributed by atoms with van der Waals surface area (Å²) >= 11 is 0. The number of aryl methyl sites for hydroxylation is 1. The monoisotopic (exact) mass is 368 g/mol. The van der Waals surface area contributed by atoms with Gasteiger partial charge in [0.25, 0.3) is 0 Å². The standard InChI is InChI=1S/C24H20N2O2/c27-23(25-20-14-13-16-7-1-2-8-17(16)20)15-26-21-11-5-3-9-18(21)24(28)19-10-4-6-12-22(19)26/h1-12,20H,13-15H2,(H,25,27)/t20-/m1/s1. The highest BCUT2D eigenvalue weighted by Crippen LogP contribution is 2.30. The highest BCUT2D eigenvalue weighted by Gasteiger charge is 2.23. The maximum atomic E-state index is 12.9. The molecule has 0 radical (unpaired) electrons. The molecular weight excluding hydrogens is 348 g/mol. The number of benzene rings is 3. The van der Waals surface area contributed by atoms with Crippen molar-refractivity contribution in [3.05, 3.63) is 94.1 Å². The number of amides is 1. The van der Waals surface area contributed by atoms with E-state index in [0.717, 1.165) is 23.9 Å². The van der Waals surface area contributed by atoms with Gasteiger partial charge in [0.15, 0.2) is 5.43 Å². The van der Waals surface area contributed by atoms with Crippen molar-refractivity contribution in [2.24, 2.45) is 0 Å². The molecule has 1 aliphatic rings. The number of nitrogens with zero attached hydrogens (tertiary/aromatic N) is 1. The van der Waals surface area contributed by atoms with Crippen molar-refractivity contribution in [2.45, 2.75) is 25.4 Å². The Kier molecular flexibility index (Phi) is 3.97. The van der Waals surface area contributed by atoms with Crippen LogP contribution in [0, 0.1) is 0 Å². The first-order valence-electron chi connectivity index (χ1n) is 9.60. The van der Waals surface area contributed by atoms with Crippen LogP contribution in [0.3, 0.4) is 0 Å². The summed E-state index contributed by atoms with van der Waals surface area (Å²) in [7, 11) is 0. The van der Waals surface area contributed by atoms with E-state index in [4.69, 9.17) is 0 Å². The third-order valence-electron chi connectivity index (χ3n) is 5.65. The first-order chi connectivity index (χ1) is 13.7. The van der Waals surface area contributed by atoms with Gasteiger partial charge in [-0.25, -0.2) is 0 Å². The fraction of sp³-hybridized carbons (Fsp3) is 0.167. The Bertz CT molecular complexity index is 1210. The molecule has 4 aromatic rings. The van der Waals surface area contributed by atoms with Crippen LogP contribution >= 0.6 is 0 Å². The Hall–Kier alpha value is -3.40. The molecule has 0 saturated heterocycles. The zero-order chi connectivity index (χ0) is 19.1. The summed E-state index contributed by atoms with van der Waals surface area (Å²) in [4.78, 5) is 25.8. The van der Waals surface area contributed by atoms with Gasteiger partial charge >= 0.3 is 0 Å². The number of aromatic nitrogens is 1. The van der Waals surface area contributed by atoms with Gasteiger partial charge in [-0.05, 0) is 48.2 Å². The van der Waals surface area contributed by atoms with Crippen molar-refractivity contribution >= 4 is 27.7 Å². The average Bonchev–Trinajstić information content (AvgIpc) is 3.14. The zero-order valence-electron chi connectivity index (χ0n) is 15.4. The molecule has 0 bridgehead atoms. The van der Waals surface area contributed by atoms with Crippen LogP contribution in [0.5, 0.6) is 0 Å². The van der Waals surface area contributed by atoms with Crippen LogP contribution in [0.1, 0.15) is 23.6 Å². The van der Waals surface area contributed by atoms with E-state index in [2.05, 4.69) is 17.4 Å². The van der Waals surface area contributed by atoms with Crippen molar-refractivity contribution in [3.8, 4) is 0 Å². The van der Waals surface area contributed by atoms with Crippen molar-refractivity contribution < 1.29 is 4.79 Å². The lowest BCUT2D eigenvalue weighted by molar-refractivity contribution is -0.122. The molecule has 0 unspecified atom stereocenters. The quantitative estimate of drug-likeness (QED) is 0.557. The SMILES string of the molecule is O=C(Cn1c2ccccc2c(=O)c2ccccc21)N[C@@H]1CCc2ccccc21. The number of pyridine rings is 1. The predicted molar refractivity (Wildman–Crippen MR) is 111 cm³/mol. The molecule has 138 valence electrons. The van der Waals surface area contributed by atoms with Gasteiger partial charge in [0.2, 0.25) is 5.91 Å². The summed E-state index contributed by atoms with van der Waals surface area (Å²) in [5, 5.41) is 4.47. The van der Waals surface area contributed by atoms with Gasteiger partial charge in [-0.1, -0.05) is 48.5 Å². The normalized spacial score (nSPS) is 15.6. The molecular formula is C24H20N2O2. The third-order valence-corrected chi connectivity index (χ3v) is 5.65. The van der Waals surface area contributed by atoms with Gasteiger partial charge in [0.05, 0.1) is 17.1 Å². The van der Waals surface area contributed by atoms with E-state index in [1.54, 1.807) is 0 Å². The van der Waals surface area contributed by atoms with Gasteiger partial charge < -0.3 is 9.88 Å². The highest BCUT2D eigenvalue weighted by atomic mass is 16.2. The minimum absolute atomic E-state index is 0.00702. The molecule has 0 saturated carbocycles. The van der Waals surface area contributed by atoms with Gasteiger partial charge in [0, 0.05) is 10.8 Å². The summed E-state index contributed by atoms with van der Waals surface area (Å²) in [6.45, 7) is 0.181. The number of nitrogens with one attached hydrogen (secondary N) is 1. The van der Waals surface area contributed by atoms with Crippen molar-refractivity contribution in [2.75, 3.05) is 0 Å². The van der Waals surface area contributed by atoms with Gasteiger partial charge in [-0.2, -0.15) is 0 Å². The first-order valence-corrected chi connectivity index (χ1v) is 9.60. The lowest BCUT2D eigenvalue weighted by atomic mass is 10.1. The largest absolute Gasteiger partial charge is 0.348 e. The fourth-order valence-electron chi connectivity index (χ4n) is 4.34. The third kappa shape index (κ3) is 2.69. The van der Waals surface area contributed by atoms with Crippen LogP contribution in [0.15, 0.2) is 77.6 Å². The second-order valence-corrected chi connectivity index (χ2v) is 7.31. The summed E-state index contributed by atoms with van der Waals surface area (Å²) < 4.78 is 1.95. The van der Waals surface area contributed by atoms with E-state index in [-0.39, 0.29) is 23.9 Å². The second-order valence-electron chi connectivity index (χ2n) is 7.31. The van der Waals surface area contributed by atoms with Crippen molar-refractivity contribution in [3.63, 3.8) is 0 Å². The summed E-state index contributed by atoms with van der Waals surface area (Å²) in [5.74, 6) is -0.0411. The van der Waals surface area contributed by atoms with Crippen LogP contribution in [-0.2, 0) is 17.8 Å². The average molecular weight is 368 g/mol. The Morgan fingerprint density at radius 3 is 2.21 bits per heavy atom. The molecule has 1 amide bonds. The predicted octanol–water partition coefficient (Wildman–Crippen LogP) is 3.96. The zero-order valence-corrected chi connectivity index (χ0v) is 15.4. The Morgan fingerprint density at radius 2 is 1.50 bits per heavy atom. The molecule has 1 aliphatic carbocycles. The smallest absolute Gasteiger partial charge is 0.240 e. The van der Waals surface area contributed by atoms with Crippen molar-refractivity contribution in [1.29, 1.82) is 0 Å². The molecule has 4 nitrogen and oxygen atoms in total. The highest BCUT2D eigenvalue weighted by molar-refractivity contribution is 5.94. The summed E-state index contributed by atoms with van der Waals surface area (Å²) in [6.07, 6.45) is 1.92. The second kappa shape index (κ2) is 6.64. The Morgan fingerprint density at radius 1 is 0.893 bits per heavy atom. The van der Waals surface area contributed by atoms with E-state index in [0.29, 0.717) is 10.8 Å². The van der Waals surface area contributed by atoms with Crippen LogP contribution in [0.4, 0.5) is 0 Å². The van der Waals surface area contributed by atoms with Gasteiger partial charge in [0.1, 0.15) is 6.54 Å². The molecule has 28 heavy (non-hydrogen) atoms. The number of rotatable bonds is 3. The molecule has 0 aliphatic heterocycles. The van der Waals surface area contributed by atoms with E-state index < -0.39 is 0 Å². The van der Waals surface area contributed by atoms with Crippen LogP contribution in [0.25, 0.3) is 21.8 Å². The topological polar surface area (TPSA) is 51.1 Å². The van der Waals surface area contributed by atoms with Crippen LogP contribution in [0.2, 0.25) is 0 Å². The lowest BCUT2D eigenvalue weighted by Crippen LogP contribution is -2.31. The van der Waals surface area contributed by atoms with E-state index in [1.165, 1.54) is 11.1 Å². The van der Waals surface area contributed by atoms with E-state index in [9.17, 15) is 9.59 Å². The lowest BCUT2D eigenvalue weighted by Gasteiger charge is -2.18. The minimum atomic E-state index is -0.0411.